The highest BCUT2D eigenvalue weighted by Gasteiger charge is 2.27. The number of piperazine rings is 1. The van der Waals surface area contributed by atoms with E-state index in [9.17, 15) is 10.2 Å². The Balaban J connectivity index is 1.37. The smallest absolute Gasteiger partial charge is 0.137 e. The predicted molar refractivity (Wildman–Crippen MR) is 135 cm³/mol. The molecule has 0 unspecified atom stereocenters. The van der Waals surface area contributed by atoms with Gasteiger partial charge in [0.2, 0.25) is 0 Å². The van der Waals surface area contributed by atoms with Crippen LogP contribution in [0.1, 0.15) is 33.4 Å². The number of aliphatic hydroxyl groups is 2. The lowest BCUT2D eigenvalue weighted by atomic mass is 10.1. The number of aryl methyl sites for hydroxylation is 6. The van der Waals surface area contributed by atoms with Gasteiger partial charge in [0, 0.05) is 0 Å². The SMILES string of the molecule is Cc1cc(C)c(OC[C@H](O)C[NH+]2CC[NH+](C[C@@H](O)COc3c(C)cc(C)cc3C)CC2)c(C)c1. The number of hydrogen-bond acceptors (Lipinski definition) is 4. The fourth-order valence-corrected chi connectivity index (χ4v) is 5.30. The zero-order valence-electron chi connectivity index (χ0n) is 21.8. The second-order valence-corrected chi connectivity index (χ2v) is 10.3. The van der Waals surface area contributed by atoms with Crippen LogP contribution in [0.3, 0.4) is 0 Å². The average molecular weight is 473 g/mol. The van der Waals surface area contributed by atoms with E-state index in [2.05, 4.69) is 65.8 Å². The van der Waals surface area contributed by atoms with Crippen LogP contribution < -0.4 is 19.3 Å². The number of hydrogen-bond donors (Lipinski definition) is 4. The second kappa shape index (κ2) is 12.0. The second-order valence-electron chi connectivity index (χ2n) is 10.3. The molecule has 0 radical (unpaired) electrons. The summed E-state index contributed by atoms with van der Waals surface area (Å²) in [5.74, 6) is 1.78. The van der Waals surface area contributed by atoms with E-state index in [-0.39, 0.29) is 0 Å². The van der Waals surface area contributed by atoms with Gasteiger partial charge in [-0.1, -0.05) is 35.4 Å². The minimum absolute atomic E-state index is 0.318. The van der Waals surface area contributed by atoms with Gasteiger partial charge in [-0.25, -0.2) is 0 Å². The number of aliphatic hydroxyl groups excluding tert-OH is 2. The summed E-state index contributed by atoms with van der Waals surface area (Å²) in [7, 11) is 0. The predicted octanol–water partition coefficient (Wildman–Crippen LogP) is 0.500. The average Bonchev–Trinajstić information content (AvgIpc) is 2.73. The topological polar surface area (TPSA) is 67.8 Å². The third-order valence-electron chi connectivity index (χ3n) is 6.76. The first-order valence-electron chi connectivity index (χ1n) is 12.6. The molecule has 2 aromatic carbocycles. The fourth-order valence-electron chi connectivity index (χ4n) is 5.30. The molecular formula is C28H44N2O4+2. The van der Waals surface area contributed by atoms with Crippen LogP contribution in [0.15, 0.2) is 24.3 Å². The van der Waals surface area contributed by atoms with Crippen molar-refractivity contribution in [3.63, 3.8) is 0 Å². The van der Waals surface area contributed by atoms with Crippen LogP contribution in [0.25, 0.3) is 0 Å². The van der Waals surface area contributed by atoms with Crippen LogP contribution in [0, 0.1) is 41.5 Å². The third kappa shape index (κ3) is 7.44. The number of nitrogens with one attached hydrogen (secondary N) is 2. The first-order valence-corrected chi connectivity index (χ1v) is 12.6. The maximum absolute atomic E-state index is 10.5. The van der Waals surface area contributed by atoms with Gasteiger partial charge >= 0.3 is 0 Å². The monoisotopic (exact) mass is 472 g/mol. The molecule has 2 atom stereocenters. The molecule has 188 valence electrons. The summed E-state index contributed by atoms with van der Waals surface area (Å²) in [6.07, 6.45) is -0.978. The molecule has 2 aromatic rings. The maximum atomic E-state index is 10.5. The summed E-state index contributed by atoms with van der Waals surface area (Å²) < 4.78 is 11.9. The van der Waals surface area contributed by atoms with E-state index >= 15 is 0 Å². The van der Waals surface area contributed by atoms with E-state index < -0.39 is 12.2 Å². The Hall–Kier alpha value is -2.12. The van der Waals surface area contributed by atoms with Gasteiger partial charge in [0.15, 0.2) is 0 Å². The standard InChI is InChI=1S/C28H42N2O4/c1-19-11-21(3)27(22(4)12-19)33-17-25(31)15-29-7-9-30(10-8-29)16-26(32)18-34-28-23(5)13-20(2)14-24(28)6/h11-14,25-26,31-32H,7-10,15-18H2,1-6H3/p+2/t25-,26-/m1/s1. The molecular weight excluding hydrogens is 428 g/mol. The van der Waals surface area contributed by atoms with Gasteiger partial charge in [-0.2, -0.15) is 0 Å². The van der Waals surface area contributed by atoms with Crippen molar-refractivity contribution in [3.8, 4) is 11.5 Å². The number of quaternary nitrogens is 2. The Labute approximate surface area is 205 Å². The highest BCUT2D eigenvalue weighted by molar-refractivity contribution is 5.43. The van der Waals surface area contributed by atoms with Crippen molar-refractivity contribution in [2.24, 2.45) is 0 Å². The lowest BCUT2D eigenvalue weighted by molar-refractivity contribution is -1.01. The van der Waals surface area contributed by atoms with Crippen LogP contribution >= 0.6 is 0 Å². The summed E-state index contributed by atoms with van der Waals surface area (Å²) in [6.45, 7) is 18.3. The zero-order chi connectivity index (χ0) is 24.8. The molecule has 1 aliphatic heterocycles. The summed E-state index contributed by atoms with van der Waals surface area (Å²) in [4.78, 5) is 2.79. The Bertz CT molecular complexity index is 830. The van der Waals surface area contributed by atoms with E-state index in [1.807, 2.05) is 0 Å². The van der Waals surface area contributed by atoms with E-state index in [1.165, 1.54) is 20.9 Å². The zero-order valence-corrected chi connectivity index (χ0v) is 21.8. The molecule has 0 saturated carbocycles. The Morgan fingerprint density at radius 3 is 1.21 bits per heavy atom. The molecule has 0 aliphatic carbocycles. The molecule has 1 saturated heterocycles. The van der Waals surface area contributed by atoms with Crippen LogP contribution in [0.2, 0.25) is 0 Å². The molecule has 0 aromatic heterocycles. The van der Waals surface area contributed by atoms with E-state index in [0.717, 1.165) is 59.9 Å². The van der Waals surface area contributed by atoms with Crippen molar-refractivity contribution in [2.75, 3.05) is 52.5 Å². The summed E-state index contributed by atoms with van der Waals surface area (Å²) in [6, 6.07) is 8.46. The number of rotatable bonds is 10. The third-order valence-corrected chi connectivity index (χ3v) is 6.76. The first-order chi connectivity index (χ1) is 16.1. The van der Waals surface area contributed by atoms with Gasteiger partial charge < -0.3 is 29.5 Å². The Morgan fingerprint density at radius 2 is 0.912 bits per heavy atom. The van der Waals surface area contributed by atoms with Crippen molar-refractivity contribution in [2.45, 2.75) is 53.8 Å². The summed E-state index contributed by atoms with van der Waals surface area (Å²) in [5.41, 5.74) is 6.91. The molecule has 1 aliphatic rings. The molecule has 1 fully saturated rings. The fraction of sp³-hybridized carbons (Fsp3) is 0.571. The summed E-state index contributed by atoms with van der Waals surface area (Å²) >= 11 is 0. The number of benzene rings is 2. The normalized spacial score (nSPS) is 20.1. The molecule has 6 nitrogen and oxygen atoms in total. The van der Waals surface area contributed by atoms with Crippen molar-refractivity contribution in [3.05, 3.63) is 57.6 Å². The highest BCUT2D eigenvalue weighted by Crippen LogP contribution is 2.25. The molecule has 4 N–H and O–H groups in total. The van der Waals surface area contributed by atoms with Crippen molar-refractivity contribution < 1.29 is 29.5 Å². The van der Waals surface area contributed by atoms with Crippen LogP contribution in [0.5, 0.6) is 11.5 Å². The van der Waals surface area contributed by atoms with Gasteiger partial charge in [-0.05, 0) is 63.8 Å². The van der Waals surface area contributed by atoms with Gasteiger partial charge in [-0.15, -0.1) is 0 Å². The molecule has 3 rings (SSSR count). The maximum Gasteiger partial charge on any atom is 0.137 e. The quantitative estimate of drug-likeness (QED) is 0.407. The van der Waals surface area contributed by atoms with Crippen molar-refractivity contribution in [1.82, 2.24) is 0 Å². The van der Waals surface area contributed by atoms with Gasteiger partial charge in [0.25, 0.3) is 0 Å². The van der Waals surface area contributed by atoms with Crippen LogP contribution in [-0.2, 0) is 0 Å². The van der Waals surface area contributed by atoms with Gasteiger partial charge in [-0.3, -0.25) is 0 Å². The minimum Gasteiger partial charge on any atom is -0.490 e. The van der Waals surface area contributed by atoms with Crippen LogP contribution in [0.4, 0.5) is 0 Å². The van der Waals surface area contributed by atoms with E-state index in [1.54, 1.807) is 0 Å². The highest BCUT2D eigenvalue weighted by atomic mass is 16.5. The first kappa shape index (κ1) is 26.5. The van der Waals surface area contributed by atoms with Crippen LogP contribution in [-0.4, -0.2) is 74.9 Å². The van der Waals surface area contributed by atoms with E-state index in [4.69, 9.17) is 9.47 Å². The van der Waals surface area contributed by atoms with Gasteiger partial charge in [0.1, 0.15) is 76.2 Å². The largest absolute Gasteiger partial charge is 0.490 e. The lowest BCUT2D eigenvalue weighted by Gasteiger charge is -2.31. The molecule has 34 heavy (non-hydrogen) atoms. The Kier molecular flexibility index (Phi) is 9.37. The minimum atomic E-state index is -0.489. The molecule has 6 heteroatoms. The lowest BCUT2D eigenvalue weighted by Crippen LogP contribution is -3.29. The molecule has 0 amide bonds. The van der Waals surface area contributed by atoms with E-state index in [0.29, 0.717) is 26.3 Å². The molecule has 0 spiro atoms. The van der Waals surface area contributed by atoms with Crippen molar-refractivity contribution >= 4 is 0 Å². The Morgan fingerprint density at radius 1 is 0.618 bits per heavy atom. The number of ether oxygens (including phenoxy) is 2. The van der Waals surface area contributed by atoms with Crippen molar-refractivity contribution in [1.29, 1.82) is 0 Å². The molecule has 0 bridgehead atoms. The van der Waals surface area contributed by atoms with Gasteiger partial charge in [0.05, 0.1) is 0 Å². The molecule has 1 heterocycles. The summed E-state index contributed by atoms with van der Waals surface area (Å²) in [5, 5.41) is 21.1.